The third-order valence-electron chi connectivity index (χ3n) is 9.43. The highest BCUT2D eigenvalue weighted by atomic mass is 15.1. The molecule has 2 heterocycles. The van der Waals surface area contributed by atoms with Crippen molar-refractivity contribution in [3.63, 3.8) is 0 Å². The lowest BCUT2D eigenvalue weighted by molar-refractivity contribution is 1.30. The molecule has 0 aliphatic heterocycles. The van der Waals surface area contributed by atoms with Gasteiger partial charge in [-0.3, -0.25) is 0 Å². The summed E-state index contributed by atoms with van der Waals surface area (Å²) in [6.07, 6.45) is 0. The van der Waals surface area contributed by atoms with Crippen LogP contribution < -0.4 is 4.90 Å². The van der Waals surface area contributed by atoms with E-state index in [1.807, 2.05) is 0 Å². The van der Waals surface area contributed by atoms with Gasteiger partial charge in [-0.1, -0.05) is 109 Å². The van der Waals surface area contributed by atoms with Crippen LogP contribution in [0, 0.1) is 0 Å². The molecule has 0 saturated heterocycles. The molecule has 0 bridgehead atoms. The predicted octanol–water partition coefficient (Wildman–Crippen LogP) is 11.8. The van der Waals surface area contributed by atoms with Crippen LogP contribution in [0.3, 0.4) is 0 Å². The van der Waals surface area contributed by atoms with E-state index in [-0.39, 0.29) is 0 Å². The van der Waals surface area contributed by atoms with Crippen molar-refractivity contribution in [1.82, 2.24) is 4.40 Å². The SMILES string of the molecule is c1ccc2cc(N(c3ccc4ccccc4c3)c3ccc4c(ccc5c4c4cccc6c7ccccc7n5c64)c3)ccc2c1. The largest absolute Gasteiger partial charge is 0.310 e. The van der Waals surface area contributed by atoms with Gasteiger partial charge in [0, 0.05) is 38.6 Å². The zero-order valence-corrected chi connectivity index (χ0v) is 23.9. The topological polar surface area (TPSA) is 7.65 Å². The molecule has 0 N–H and O–H groups in total. The van der Waals surface area contributed by atoms with Crippen LogP contribution in [0.5, 0.6) is 0 Å². The molecule has 44 heavy (non-hydrogen) atoms. The van der Waals surface area contributed by atoms with Crippen molar-refractivity contribution >= 4 is 87.5 Å². The van der Waals surface area contributed by atoms with Gasteiger partial charge in [-0.25, -0.2) is 0 Å². The Labute approximate surface area is 253 Å². The zero-order chi connectivity index (χ0) is 28.8. The Morgan fingerprint density at radius 1 is 0.341 bits per heavy atom. The summed E-state index contributed by atoms with van der Waals surface area (Å²) in [5, 5.41) is 12.7. The second-order valence-electron chi connectivity index (χ2n) is 11.8. The Bertz CT molecular complexity index is 2650. The fourth-order valence-electron chi connectivity index (χ4n) is 7.46. The summed E-state index contributed by atoms with van der Waals surface area (Å²) in [5.41, 5.74) is 7.28. The van der Waals surface area contributed by atoms with E-state index in [9.17, 15) is 0 Å². The lowest BCUT2D eigenvalue weighted by Crippen LogP contribution is -2.10. The molecule has 8 aromatic carbocycles. The van der Waals surface area contributed by atoms with Crippen LogP contribution in [0.2, 0.25) is 0 Å². The minimum Gasteiger partial charge on any atom is -0.310 e. The number of para-hydroxylation sites is 2. The van der Waals surface area contributed by atoms with E-state index in [2.05, 4.69) is 167 Å². The van der Waals surface area contributed by atoms with Crippen LogP contribution in [0.25, 0.3) is 70.4 Å². The minimum absolute atomic E-state index is 1.14. The van der Waals surface area contributed by atoms with E-state index < -0.39 is 0 Å². The molecule has 0 aliphatic carbocycles. The summed E-state index contributed by atoms with van der Waals surface area (Å²) >= 11 is 0. The van der Waals surface area contributed by atoms with Gasteiger partial charge in [0.05, 0.1) is 16.6 Å². The van der Waals surface area contributed by atoms with Crippen molar-refractivity contribution in [1.29, 1.82) is 0 Å². The maximum absolute atomic E-state index is 2.46. The number of rotatable bonds is 3. The Balaban J connectivity index is 1.23. The van der Waals surface area contributed by atoms with Gasteiger partial charge in [-0.15, -0.1) is 0 Å². The van der Waals surface area contributed by atoms with E-state index in [1.54, 1.807) is 0 Å². The maximum atomic E-state index is 2.46. The van der Waals surface area contributed by atoms with Crippen LogP contribution in [-0.4, -0.2) is 4.40 Å². The summed E-state index contributed by atoms with van der Waals surface area (Å²) in [4.78, 5) is 2.39. The standard InChI is InChI=1S/C42H26N2/c1-3-10-29-24-32(19-16-27(29)8-1)43(33-20-17-28-9-2-4-11-30(28)25-33)34-21-22-35-31(26-34)18-23-40-41(35)38-14-7-13-37-36-12-5-6-15-39(36)44(40)42(37)38/h1-26H. The molecule has 0 radical (unpaired) electrons. The average molecular weight is 559 g/mol. The second kappa shape index (κ2) is 8.82. The molecule has 0 unspecified atom stereocenters. The number of hydrogen-bond acceptors (Lipinski definition) is 1. The van der Waals surface area contributed by atoms with E-state index in [0.717, 1.165) is 17.1 Å². The van der Waals surface area contributed by atoms with Crippen molar-refractivity contribution in [3.05, 3.63) is 158 Å². The quantitative estimate of drug-likeness (QED) is 0.209. The first-order valence-electron chi connectivity index (χ1n) is 15.2. The van der Waals surface area contributed by atoms with Crippen LogP contribution in [0.15, 0.2) is 158 Å². The smallest absolute Gasteiger partial charge is 0.0620 e. The van der Waals surface area contributed by atoms with Crippen molar-refractivity contribution in [3.8, 4) is 0 Å². The Morgan fingerprint density at radius 3 is 1.61 bits per heavy atom. The van der Waals surface area contributed by atoms with Crippen molar-refractivity contribution in [2.45, 2.75) is 0 Å². The van der Waals surface area contributed by atoms with Crippen molar-refractivity contribution in [2.24, 2.45) is 0 Å². The van der Waals surface area contributed by atoms with E-state index >= 15 is 0 Å². The monoisotopic (exact) mass is 558 g/mol. The van der Waals surface area contributed by atoms with Gasteiger partial charge in [0.1, 0.15) is 0 Å². The molecule has 10 aromatic rings. The zero-order valence-electron chi connectivity index (χ0n) is 23.9. The molecule has 0 fully saturated rings. The number of aromatic nitrogens is 1. The van der Waals surface area contributed by atoms with Crippen molar-refractivity contribution < 1.29 is 0 Å². The highest BCUT2D eigenvalue weighted by Gasteiger charge is 2.20. The van der Waals surface area contributed by atoms with Crippen LogP contribution in [0.1, 0.15) is 0 Å². The van der Waals surface area contributed by atoms with Crippen LogP contribution in [-0.2, 0) is 0 Å². The third kappa shape index (κ3) is 3.25. The minimum atomic E-state index is 1.14. The molecule has 0 atom stereocenters. The fraction of sp³-hybridized carbons (Fsp3) is 0. The predicted molar refractivity (Wildman–Crippen MR) is 188 cm³/mol. The van der Waals surface area contributed by atoms with Gasteiger partial charge in [-0.05, 0) is 80.8 Å². The normalized spacial score (nSPS) is 12.1. The highest BCUT2D eigenvalue weighted by Crippen LogP contribution is 2.43. The lowest BCUT2D eigenvalue weighted by atomic mass is 10.0. The van der Waals surface area contributed by atoms with Crippen molar-refractivity contribution in [2.75, 3.05) is 4.90 Å². The summed E-state index contributed by atoms with van der Waals surface area (Å²) in [6.45, 7) is 0. The summed E-state index contributed by atoms with van der Waals surface area (Å²) in [6, 6.07) is 57.8. The molecule has 2 aromatic heterocycles. The van der Waals surface area contributed by atoms with E-state index in [1.165, 1.54) is 70.4 Å². The van der Waals surface area contributed by atoms with E-state index in [0.29, 0.717) is 0 Å². The molecular formula is C42H26N2. The molecule has 2 heteroatoms. The Kier molecular flexibility index (Phi) is 4.75. The van der Waals surface area contributed by atoms with Gasteiger partial charge in [-0.2, -0.15) is 0 Å². The molecular weight excluding hydrogens is 532 g/mol. The summed E-state index contributed by atoms with van der Waals surface area (Å²) in [5.74, 6) is 0. The Hall–Kier alpha value is -5.86. The number of anilines is 3. The first kappa shape index (κ1) is 23.7. The van der Waals surface area contributed by atoms with Gasteiger partial charge >= 0.3 is 0 Å². The maximum Gasteiger partial charge on any atom is 0.0620 e. The lowest BCUT2D eigenvalue weighted by Gasteiger charge is -2.26. The van der Waals surface area contributed by atoms with Gasteiger partial charge in [0.2, 0.25) is 0 Å². The number of fused-ring (bicyclic) bond motifs is 10. The second-order valence-corrected chi connectivity index (χ2v) is 11.8. The molecule has 0 amide bonds. The summed E-state index contributed by atoms with van der Waals surface area (Å²) < 4.78 is 2.46. The number of hydrogen-bond donors (Lipinski definition) is 0. The van der Waals surface area contributed by atoms with Gasteiger partial charge in [0.25, 0.3) is 0 Å². The highest BCUT2D eigenvalue weighted by molar-refractivity contribution is 6.28. The average Bonchev–Trinajstić information content (AvgIpc) is 3.61. The molecule has 10 rings (SSSR count). The number of nitrogens with zero attached hydrogens (tertiary/aromatic N) is 2. The number of benzene rings is 8. The summed E-state index contributed by atoms with van der Waals surface area (Å²) in [7, 11) is 0. The molecule has 0 saturated carbocycles. The van der Waals surface area contributed by atoms with E-state index in [4.69, 9.17) is 0 Å². The Morgan fingerprint density at radius 2 is 0.886 bits per heavy atom. The molecule has 0 aliphatic rings. The van der Waals surface area contributed by atoms with Crippen LogP contribution >= 0.6 is 0 Å². The fourth-order valence-corrected chi connectivity index (χ4v) is 7.46. The molecule has 2 nitrogen and oxygen atoms in total. The molecule has 204 valence electrons. The first-order chi connectivity index (χ1) is 21.8. The van der Waals surface area contributed by atoms with Gasteiger partial charge in [0.15, 0.2) is 0 Å². The first-order valence-corrected chi connectivity index (χ1v) is 15.2. The van der Waals surface area contributed by atoms with Crippen LogP contribution in [0.4, 0.5) is 17.1 Å². The van der Waals surface area contributed by atoms with Gasteiger partial charge < -0.3 is 9.30 Å². The third-order valence-corrected chi connectivity index (χ3v) is 9.43. The molecule has 0 spiro atoms.